The van der Waals surface area contributed by atoms with Crippen LogP contribution >= 0.6 is 0 Å². The Morgan fingerprint density at radius 2 is 2.03 bits per heavy atom. The van der Waals surface area contributed by atoms with Gasteiger partial charge in [0.15, 0.2) is 0 Å². The topological polar surface area (TPSA) is 110 Å². The maximum Gasteiger partial charge on any atom is 0.490 e. The second-order valence-electron chi connectivity index (χ2n) is 7.53. The van der Waals surface area contributed by atoms with E-state index in [1.807, 2.05) is 43.3 Å². The molecule has 1 aliphatic rings. The van der Waals surface area contributed by atoms with Crippen molar-refractivity contribution < 1.29 is 32.6 Å². The first-order chi connectivity index (χ1) is 15.1. The molecule has 0 bridgehead atoms. The smallest absolute Gasteiger partial charge is 0.475 e. The fourth-order valence-electron chi connectivity index (χ4n) is 2.97. The van der Waals surface area contributed by atoms with E-state index < -0.39 is 12.1 Å². The number of halogens is 3. The van der Waals surface area contributed by atoms with Crippen molar-refractivity contribution in [3.8, 4) is 0 Å². The summed E-state index contributed by atoms with van der Waals surface area (Å²) >= 11 is 0. The van der Waals surface area contributed by atoms with Crippen LogP contribution in [0.15, 0.2) is 36.9 Å². The lowest BCUT2D eigenvalue weighted by Crippen LogP contribution is -2.44. The largest absolute Gasteiger partial charge is 0.490 e. The van der Waals surface area contributed by atoms with Gasteiger partial charge in [0.2, 0.25) is 0 Å². The van der Waals surface area contributed by atoms with Crippen LogP contribution in [-0.2, 0) is 29.2 Å². The number of carboxylic acids is 1. The molecule has 0 saturated heterocycles. The second-order valence-corrected chi connectivity index (χ2v) is 7.53. The molecule has 0 aliphatic carbocycles. The maximum absolute atomic E-state index is 12.5. The Morgan fingerprint density at radius 1 is 1.31 bits per heavy atom. The zero-order valence-electron chi connectivity index (χ0n) is 17.7. The Labute approximate surface area is 183 Å². The second kappa shape index (κ2) is 11.5. The number of fused-ring (bicyclic) bond motifs is 1. The molecule has 0 radical (unpaired) electrons. The summed E-state index contributed by atoms with van der Waals surface area (Å²) in [5, 5.41) is 10.1. The van der Waals surface area contributed by atoms with Crippen molar-refractivity contribution in [1.29, 1.82) is 0 Å². The Morgan fingerprint density at radius 3 is 2.62 bits per heavy atom. The number of alkyl halides is 3. The van der Waals surface area contributed by atoms with E-state index in [2.05, 4.69) is 19.9 Å². The molecule has 1 aliphatic heterocycles. The molecule has 2 aromatic rings. The lowest BCUT2D eigenvalue weighted by atomic mass is 10.1. The average Bonchev–Trinajstić information content (AvgIpc) is 3.06. The van der Waals surface area contributed by atoms with Crippen LogP contribution in [0.25, 0.3) is 0 Å². The lowest BCUT2D eigenvalue weighted by Gasteiger charge is -2.25. The van der Waals surface area contributed by atoms with Gasteiger partial charge in [0.05, 0.1) is 19.8 Å². The number of aliphatic carboxylic acids is 1. The minimum Gasteiger partial charge on any atom is -0.475 e. The summed E-state index contributed by atoms with van der Waals surface area (Å²) in [6.07, 6.45) is 2.23. The first-order valence-corrected chi connectivity index (χ1v) is 9.88. The summed E-state index contributed by atoms with van der Waals surface area (Å²) in [6.45, 7) is 7.00. The standard InChI is InChI=1S/C18H25N5O2.C2HF3O2/c1-14(2)21-18(24)23-10-16(9-22-7-6-20-17(22)11-23)13-25-12-15-4-3-5-19-8-15;3-2(4,5)1(6)7/h3-8,14,16H,9-13H2,1-2H3,(H,21,24);(H,6,7). The Bertz CT molecular complexity index is 874. The number of ether oxygens (including phenoxy) is 1. The van der Waals surface area contributed by atoms with E-state index in [0.717, 1.165) is 17.9 Å². The first-order valence-electron chi connectivity index (χ1n) is 9.88. The number of imidazole rings is 1. The van der Waals surface area contributed by atoms with E-state index in [9.17, 15) is 18.0 Å². The highest BCUT2D eigenvalue weighted by Gasteiger charge is 2.38. The van der Waals surface area contributed by atoms with Crippen molar-refractivity contribution >= 4 is 12.0 Å². The van der Waals surface area contributed by atoms with Gasteiger partial charge < -0.3 is 24.6 Å². The maximum atomic E-state index is 12.5. The van der Waals surface area contributed by atoms with E-state index in [4.69, 9.17) is 14.6 Å². The van der Waals surface area contributed by atoms with Crippen LogP contribution in [0, 0.1) is 5.92 Å². The van der Waals surface area contributed by atoms with Gasteiger partial charge in [-0.25, -0.2) is 14.6 Å². The van der Waals surface area contributed by atoms with Crippen molar-refractivity contribution in [2.45, 2.75) is 45.8 Å². The third-order valence-electron chi connectivity index (χ3n) is 4.35. The molecular weight excluding hydrogens is 431 g/mol. The van der Waals surface area contributed by atoms with Crippen LogP contribution in [0.2, 0.25) is 0 Å². The zero-order valence-corrected chi connectivity index (χ0v) is 17.7. The molecule has 2 amide bonds. The normalized spacial score (nSPS) is 15.9. The van der Waals surface area contributed by atoms with E-state index >= 15 is 0 Å². The highest BCUT2D eigenvalue weighted by Crippen LogP contribution is 2.17. The number of nitrogens with one attached hydrogen (secondary N) is 1. The van der Waals surface area contributed by atoms with E-state index in [1.165, 1.54) is 0 Å². The number of nitrogens with zero attached hydrogens (tertiary/aromatic N) is 4. The predicted molar refractivity (Wildman–Crippen MR) is 107 cm³/mol. The van der Waals surface area contributed by atoms with Crippen molar-refractivity contribution in [3.05, 3.63) is 48.3 Å². The van der Waals surface area contributed by atoms with Crippen molar-refractivity contribution in [2.75, 3.05) is 13.2 Å². The number of hydrogen-bond donors (Lipinski definition) is 2. The van der Waals surface area contributed by atoms with Gasteiger partial charge in [0, 0.05) is 49.8 Å². The van der Waals surface area contributed by atoms with Crippen molar-refractivity contribution in [3.63, 3.8) is 0 Å². The minimum atomic E-state index is -5.08. The SMILES string of the molecule is CC(C)NC(=O)N1Cc2nccn2CC(COCc2cccnc2)C1.O=C(O)C(F)(F)F. The summed E-state index contributed by atoms with van der Waals surface area (Å²) in [7, 11) is 0. The van der Waals surface area contributed by atoms with Crippen LogP contribution in [0.4, 0.5) is 18.0 Å². The molecule has 0 saturated carbocycles. The third-order valence-corrected chi connectivity index (χ3v) is 4.35. The Kier molecular flexibility index (Phi) is 9.00. The van der Waals surface area contributed by atoms with E-state index in [1.54, 1.807) is 12.4 Å². The van der Waals surface area contributed by atoms with E-state index in [-0.39, 0.29) is 18.0 Å². The predicted octanol–water partition coefficient (Wildman–Crippen LogP) is 2.68. The summed E-state index contributed by atoms with van der Waals surface area (Å²) in [5.41, 5.74) is 1.05. The average molecular weight is 457 g/mol. The molecular formula is C20H26F3N5O4. The van der Waals surface area contributed by atoms with Gasteiger partial charge in [-0.3, -0.25) is 4.98 Å². The molecule has 0 fully saturated rings. The van der Waals surface area contributed by atoms with Crippen molar-refractivity contribution in [1.82, 2.24) is 24.8 Å². The molecule has 0 aromatic carbocycles. The Hall–Kier alpha value is -3.15. The van der Waals surface area contributed by atoms with Gasteiger partial charge in [-0.1, -0.05) is 6.07 Å². The molecule has 0 spiro atoms. The Balaban J connectivity index is 0.000000451. The number of amides is 2. The van der Waals surface area contributed by atoms with Crippen LogP contribution < -0.4 is 5.32 Å². The van der Waals surface area contributed by atoms with Crippen molar-refractivity contribution in [2.24, 2.45) is 5.92 Å². The van der Waals surface area contributed by atoms with Crippen LogP contribution in [-0.4, -0.2) is 61.9 Å². The molecule has 2 N–H and O–H groups in total. The number of carbonyl (C=O) groups is 2. The molecule has 3 heterocycles. The van der Waals surface area contributed by atoms with Crippen LogP contribution in [0.3, 0.4) is 0 Å². The van der Waals surface area contributed by atoms with Gasteiger partial charge in [0.1, 0.15) is 5.82 Å². The number of urea groups is 1. The lowest BCUT2D eigenvalue weighted by molar-refractivity contribution is -0.192. The summed E-state index contributed by atoms with van der Waals surface area (Å²) < 4.78 is 39.7. The number of pyridine rings is 1. The fourth-order valence-corrected chi connectivity index (χ4v) is 2.97. The number of carboxylic acid groups (broad SMARTS) is 1. The monoisotopic (exact) mass is 457 g/mol. The summed E-state index contributed by atoms with van der Waals surface area (Å²) in [5.74, 6) is -1.63. The van der Waals surface area contributed by atoms with E-state index in [0.29, 0.717) is 26.3 Å². The first kappa shape index (κ1) is 25.1. The zero-order chi connectivity index (χ0) is 23.7. The quantitative estimate of drug-likeness (QED) is 0.715. The fraction of sp³-hybridized carbons (Fsp3) is 0.500. The van der Waals surface area contributed by atoms with Gasteiger partial charge in [0.25, 0.3) is 0 Å². The van der Waals surface area contributed by atoms with Gasteiger partial charge >= 0.3 is 18.2 Å². The molecule has 12 heteroatoms. The molecule has 2 aromatic heterocycles. The molecule has 1 atom stereocenters. The van der Waals surface area contributed by atoms with Crippen LogP contribution in [0.1, 0.15) is 25.2 Å². The number of carbonyl (C=O) groups excluding carboxylic acids is 1. The number of aromatic nitrogens is 3. The molecule has 32 heavy (non-hydrogen) atoms. The number of rotatable bonds is 5. The molecule has 176 valence electrons. The minimum absolute atomic E-state index is 0.0521. The van der Waals surface area contributed by atoms with Gasteiger partial charge in [-0.05, 0) is 25.5 Å². The molecule has 9 nitrogen and oxygen atoms in total. The van der Waals surface area contributed by atoms with Crippen LogP contribution in [0.5, 0.6) is 0 Å². The summed E-state index contributed by atoms with van der Waals surface area (Å²) in [6, 6.07) is 3.95. The van der Waals surface area contributed by atoms with Gasteiger partial charge in [-0.2, -0.15) is 13.2 Å². The summed E-state index contributed by atoms with van der Waals surface area (Å²) in [4.78, 5) is 31.7. The van der Waals surface area contributed by atoms with Gasteiger partial charge in [-0.15, -0.1) is 0 Å². The highest BCUT2D eigenvalue weighted by atomic mass is 19.4. The highest BCUT2D eigenvalue weighted by molar-refractivity contribution is 5.74. The molecule has 3 rings (SSSR count). The third kappa shape index (κ3) is 8.17. The molecule has 1 unspecified atom stereocenters. The number of hydrogen-bond acceptors (Lipinski definition) is 5.